The van der Waals surface area contributed by atoms with Crippen molar-refractivity contribution in [2.75, 3.05) is 26.2 Å². The Labute approximate surface area is 99.2 Å². The summed E-state index contributed by atoms with van der Waals surface area (Å²) in [5.41, 5.74) is 0. The van der Waals surface area contributed by atoms with E-state index in [9.17, 15) is 4.79 Å². The van der Waals surface area contributed by atoms with E-state index < -0.39 is 6.09 Å². The van der Waals surface area contributed by atoms with Crippen LogP contribution in [-0.4, -0.2) is 53.2 Å². The minimum Gasteiger partial charge on any atom is -0.465 e. The zero-order valence-electron chi connectivity index (χ0n) is 11.1. The van der Waals surface area contributed by atoms with Gasteiger partial charge in [0.05, 0.1) is 0 Å². The first-order valence-corrected chi connectivity index (χ1v) is 6.28. The molecule has 0 aliphatic rings. The van der Waals surface area contributed by atoms with E-state index in [2.05, 4.69) is 18.7 Å². The van der Waals surface area contributed by atoms with Crippen LogP contribution in [-0.2, 0) is 0 Å². The summed E-state index contributed by atoms with van der Waals surface area (Å²) in [6, 6.07) is 0.123. The molecule has 0 aromatic heterocycles. The zero-order valence-corrected chi connectivity index (χ0v) is 11.1. The molecule has 1 atom stereocenters. The molecule has 0 heterocycles. The Kier molecular flexibility index (Phi) is 7.99. The lowest BCUT2D eigenvalue weighted by Crippen LogP contribution is -2.37. The van der Waals surface area contributed by atoms with Crippen LogP contribution in [0, 0.1) is 0 Å². The lowest BCUT2D eigenvalue weighted by molar-refractivity contribution is 0.127. The van der Waals surface area contributed by atoms with E-state index >= 15 is 0 Å². The van der Waals surface area contributed by atoms with Crippen molar-refractivity contribution in [1.29, 1.82) is 0 Å². The molecule has 96 valence electrons. The van der Waals surface area contributed by atoms with Gasteiger partial charge < -0.3 is 14.9 Å². The topological polar surface area (TPSA) is 43.8 Å². The van der Waals surface area contributed by atoms with E-state index in [4.69, 9.17) is 5.11 Å². The maximum atomic E-state index is 10.9. The Balaban J connectivity index is 3.87. The summed E-state index contributed by atoms with van der Waals surface area (Å²) in [5, 5.41) is 8.96. The predicted molar refractivity (Wildman–Crippen MR) is 66.9 cm³/mol. The van der Waals surface area contributed by atoms with Crippen LogP contribution in [0.3, 0.4) is 0 Å². The summed E-state index contributed by atoms with van der Waals surface area (Å²) in [5.74, 6) is 0. The fourth-order valence-electron chi connectivity index (χ4n) is 1.94. The van der Waals surface area contributed by atoms with Crippen LogP contribution in [0.25, 0.3) is 0 Å². The standard InChI is InChI=1S/C12H26N2O2/c1-5-13(6-2)10-8-9-11(4)14(7-3)12(15)16/h11H,5-10H2,1-4H3,(H,15,16). The molecule has 0 spiro atoms. The highest BCUT2D eigenvalue weighted by Crippen LogP contribution is 2.07. The van der Waals surface area contributed by atoms with Crippen LogP contribution in [0.5, 0.6) is 0 Å². The van der Waals surface area contributed by atoms with Gasteiger partial charge in [-0.15, -0.1) is 0 Å². The lowest BCUT2D eigenvalue weighted by Gasteiger charge is -2.26. The molecule has 1 N–H and O–H groups in total. The summed E-state index contributed by atoms with van der Waals surface area (Å²) in [4.78, 5) is 14.8. The third kappa shape index (κ3) is 5.35. The first-order valence-electron chi connectivity index (χ1n) is 6.28. The molecule has 0 saturated carbocycles. The van der Waals surface area contributed by atoms with E-state index in [1.807, 2.05) is 13.8 Å². The molecule has 1 unspecified atom stereocenters. The minimum atomic E-state index is -0.808. The van der Waals surface area contributed by atoms with E-state index in [1.165, 1.54) is 4.90 Å². The molecule has 0 bridgehead atoms. The van der Waals surface area contributed by atoms with Gasteiger partial charge in [0, 0.05) is 12.6 Å². The van der Waals surface area contributed by atoms with Crippen molar-refractivity contribution in [2.24, 2.45) is 0 Å². The highest BCUT2D eigenvalue weighted by atomic mass is 16.4. The second-order valence-electron chi connectivity index (χ2n) is 4.09. The van der Waals surface area contributed by atoms with E-state index in [1.54, 1.807) is 0 Å². The average molecular weight is 230 g/mol. The maximum Gasteiger partial charge on any atom is 0.407 e. The molecule has 0 aromatic carbocycles. The normalized spacial score (nSPS) is 12.8. The molecule has 16 heavy (non-hydrogen) atoms. The summed E-state index contributed by atoms with van der Waals surface area (Å²) >= 11 is 0. The van der Waals surface area contributed by atoms with E-state index in [0.29, 0.717) is 6.54 Å². The van der Waals surface area contributed by atoms with E-state index in [0.717, 1.165) is 32.5 Å². The summed E-state index contributed by atoms with van der Waals surface area (Å²) in [7, 11) is 0. The van der Waals surface area contributed by atoms with Gasteiger partial charge in [-0.2, -0.15) is 0 Å². The van der Waals surface area contributed by atoms with Crippen molar-refractivity contribution in [3.05, 3.63) is 0 Å². The van der Waals surface area contributed by atoms with Crippen LogP contribution in [0.2, 0.25) is 0 Å². The molecule has 4 nitrogen and oxygen atoms in total. The number of carbonyl (C=O) groups is 1. The Morgan fingerprint density at radius 2 is 1.75 bits per heavy atom. The summed E-state index contributed by atoms with van der Waals surface area (Å²) in [6.07, 6.45) is 1.20. The minimum absolute atomic E-state index is 0.123. The predicted octanol–water partition coefficient (Wildman–Crippen LogP) is 2.50. The lowest BCUT2D eigenvalue weighted by atomic mass is 10.1. The molecule has 4 heteroatoms. The SMILES string of the molecule is CCN(CC)CCCC(C)N(CC)C(=O)O. The Bertz CT molecular complexity index is 193. The average Bonchev–Trinajstić information content (AvgIpc) is 2.25. The molecule has 0 aliphatic heterocycles. The first kappa shape index (κ1) is 15.2. The Hall–Kier alpha value is -0.770. The number of hydrogen-bond donors (Lipinski definition) is 1. The van der Waals surface area contributed by atoms with Crippen molar-refractivity contribution in [3.8, 4) is 0 Å². The van der Waals surface area contributed by atoms with E-state index in [-0.39, 0.29) is 6.04 Å². The quantitative estimate of drug-likeness (QED) is 0.696. The fourth-order valence-corrected chi connectivity index (χ4v) is 1.94. The third-order valence-electron chi connectivity index (χ3n) is 3.11. The summed E-state index contributed by atoms with van der Waals surface area (Å²) < 4.78 is 0. The Morgan fingerprint density at radius 3 is 2.12 bits per heavy atom. The zero-order chi connectivity index (χ0) is 12.6. The molecular formula is C12H26N2O2. The monoisotopic (exact) mass is 230 g/mol. The molecule has 0 saturated heterocycles. The van der Waals surface area contributed by atoms with Gasteiger partial charge in [-0.25, -0.2) is 4.79 Å². The molecule has 1 amide bonds. The van der Waals surface area contributed by atoms with Gasteiger partial charge in [0.25, 0.3) is 0 Å². The van der Waals surface area contributed by atoms with Crippen molar-refractivity contribution in [3.63, 3.8) is 0 Å². The van der Waals surface area contributed by atoms with Gasteiger partial charge in [-0.3, -0.25) is 0 Å². The molecule has 0 radical (unpaired) electrons. The summed E-state index contributed by atoms with van der Waals surface area (Å²) in [6.45, 7) is 12.0. The van der Waals surface area contributed by atoms with Crippen molar-refractivity contribution in [2.45, 2.75) is 46.6 Å². The van der Waals surface area contributed by atoms with Crippen molar-refractivity contribution < 1.29 is 9.90 Å². The third-order valence-corrected chi connectivity index (χ3v) is 3.11. The maximum absolute atomic E-state index is 10.9. The molecular weight excluding hydrogens is 204 g/mol. The second kappa shape index (κ2) is 8.39. The van der Waals surface area contributed by atoms with Gasteiger partial charge >= 0.3 is 6.09 Å². The highest BCUT2D eigenvalue weighted by Gasteiger charge is 2.16. The van der Waals surface area contributed by atoms with Crippen molar-refractivity contribution >= 4 is 6.09 Å². The first-order chi connectivity index (χ1) is 7.56. The molecule has 0 fully saturated rings. The number of hydrogen-bond acceptors (Lipinski definition) is 2. The highest BCUT2D eigenvalue weighted by molar-refractivity contribution is 5.65. The van der Waals surface area contributed by atoms with Crippen LogP contribution in [0.15, 0.2) is 0 Å². The van der Waals surface area contributed by atoms with Gasteiger partial charge in [-0.05, 0) is 46.3 Å². The second-order valence-corrected chi connectivity index (χ2v) is 4.09. The molecule has 0 rings (SSSR count). The van der Waals surface area contributed by atoms with Crippen LogP contribution >= 0.6 is 0 Å². The smallest absolute Gasteiger partial charge is 0.407 e. The molecule has 0 aromatic rings. The number of carboxylic acid groups (broad SMARTS) is 1. The van der Waals surface area contributed by atoms with Crippen molar-refractivity contribution in [1.82, 2.24) is 9.80 Å². The number of rotatable bonds is 8. The number of nitrogens with zero attached hydrogens (tertiary/aromatic N) is 2. The van der Waals surface area contributed by atoms with Gasteiger partial charge in [0.2, 0.25) is 0 Å². The number of amides is 1. The van der Waals surface area contributed by atoms with Gasteiger partial charge in [0.15, 0.2) is 0 Å². The van der Waals surface area contributed by atoms with Crippen LogP contribution in [0.4, 0.5) is 4.79 Å². The van der Waals surface area contributed by atoms with Crippen LogP contribution in [0.1, 0.15) is 40.5 Å². The van der Waals surface area contributed by atoms with Crippen LogP contribution < -0.4 is 0 Å². The largest absolute Gasteiger partial charge is 0.465 e. The Morgan fingerprint density at radius 1 is 1.19 bits per heavy atom. The van der Waals surface area contributed by atoms with Gasteiger partial charge in [-0.1, -0.05) is 13.8 Å². The molecule has 0 aliphatic carbocycles. The van der Waals surface area contributed by atoms with Gasteiger partial charge in [0.1, 0.15) is 0 Å². The fraction of sp³-hybridized carbons (Fsp3) is 0.917.